The van der Waals surface area contributed by atoms with Crippen molar-refractivity contribution in [2.24, 2.45) is 0 Å². The van der Waals surface area contributed by atoms with Crippen LogP contribution in [0, 0.1) is 17.1 Å². The molecule has 0 atom stereocenters. The molecule has 98 valence electrons. The summed E-state index contributed by atoms with van der Waals surface area (Å²) in [5.41, 5.74) is 6.07. The Kier molecular flexibility index (Phi) is 2.69. The number of halogens is 1. The van der Waals surface area contributed by atoms with E-state index in [1.807, 2.05) is 0 Å². The van der Waals surface area contributed by atoms with E-state index < -0.39 is 5.82 Å². The van der Waals surface area contributed by atoms with Crippen molar-refractivity contribution >= 4 is 11.5 Å². The minimum Gasteiger partial charge on any atom is -0.436 e. The number of fused-ring (bicyclic) bond motifs is 1. The normalized spacial score (nSPS) is 10.4. The number of nitrogens with zero attached hydrogens (tertiary/aromatic N) is 4. The van der Waals surface area contributed by atoms with Crippen LogP contribution in [-0.2, 0) is 0 Å². The summed E-state index contributed by atoms with van der Waals surface area (Å²) >= 11 is 0. The Morgan fingerprint density at radius 1 is 1.40 bits per heavy atom. The van der Waals surface area contributed by atoms with Crippen molar-refractivity contribution in [1.82, 2.24) is 14.4 Å². The molecule has 2 N–H and O–H groups in total. The van der Waals surface area contributed by atoms with Crippen LogP contribution in [0.5, 0.6) is 11.6 Å². The number of nitriles is 1. The SMILES string of the molecule is N#Cc1ccc(Oc2nc(N)cn3ccnc23)cc1F. The van der Waals surface area contributed by atoms with Gasteiger partial charge < -0.3 is 10.5 Å². The topological polar surface area (TPSA) is 89.2 Å². The Balaban J connectivity index is 2.03. The van der Waals surface area contributed by atoms with Crippen molar-refractivity contribution in [2.45, 2.75) is 0 Å². The Morgan fingerprint density at radius 2 is 2.25 bits per heavy atom. The van der Waals surface area contributed by atoms with Gasteiger partial charge >= 0.3 is 0 Å². The van der Waals surface area contributed by atoms with Gasteiger partial charge in [0.1, 0.15) is 23.5 Å². The fourth-order valence-corrected chi connectivity index (χ4v) is 1.75. The van der Waals surface area contributed by atoms with E-state index >= 15 is 0 Å². The van der Waals surface area contributed by atoms with E-state index in [2.05, 4.69) is 9.97 Å². The van der Waals surface area contributed by atoms with Gasteiger partial charge in [-0.05, 0) is 12.1 Å². The van der Waals surface area contributed by atoms with E-state index in [0.29, 0.717) is 5.65 Å². The molecular formula is C13H8FN5O. The van der Waals surface area contributed by atoms with Crippen molar-refractivity contribution in [3.05, 3.63) is 48.2 Å². The number of imidazole rings is 1. The molecule has 1 aromatic carbocycles. The number of rotatable bonds is 2. The van der Waals surface area contributed by atoms with Gasteiger partial charge in [-0.1, -0.05) is 0 Å². The minimum absolute atomic E-state index is 0.0520. The molecule has 0 amide bonds. The van der Waals surface area contributed by atoms with Gasteiger partial charge in [-0.2, -0.15) is 10.2 Å². The first kappa shape index (κ1) is 11.9. The van der Waals surface area contributed by atoms with E-state index in [4.69, 9.17) is 15.7 Å². The van der Waals surface area contributed by atoms with Crippen molar-refractivity contribution < 1.29 is 9.13 Å². The summed E-state index contributed by atoms with van der Waals surface area (Å²) in [6.07, 6.45) is 4.86. The summed E-state index contributed by atoms with van der Waals surface area (Å²) < 4.78 is 20.7. The molecule has 0 aliphatic heterocycles. The van der Waals surface area contributed by atoms with Gasteiger partial charge in [0.25, 0.3) is 5.88 Å². The number of nitrogens with two attached hydrogens (primary N) is 1. The van der Waals surface area contributed by atoms with Crippen LogP contribution >= 0.6 is 0 Å². The predicted molar refractivity (Wildman–Crippen MR) is 68.6 cm³/mol. The third-order valence-corrected chi connectivity index (χ3v) is 2.64. The zero-order valence-corrected chi connectivity index (χ0v) is 10.1. The van der Waals surface area contributed by atoms with Crippen molar-refractivity contribution in [3.8, 4) is 17.7 Å². The molecular weight excluding hydrogens is 261 g/mol. The van der Waals surface area contributed by atoms with Crippen LogP contribution in [0.3, 0.4) is 0 Å². The van der Waals surface area contributed by atoms with Crippen LogP contribution < -0.4 is 10.5 Å². The molecule has 0 spiro atoms. The standard InChI is InChI=1S/C13H8FN5O/c14-10-5-9(2-1-8(10)6-15)20-13-12-17-3-4-19(12)7-11(16)18-13/h1-5,7H,16H2. The fraction of sp³-hybridized carbons (Fsp3) is 0. The lowest BCUT2D eigenvalue weighted by molar-refractivity contribution is 0.461. The summed E-state index contributed by atoms with van der Waals surface area (Å²) in [4.78, 5) is 8.11. The smallest absolute Gasteiger partial charge is 0.265 e. The second-order valence-electron chi connectivity index (χ2n) is 3.98. The van der Waals surface area contributed by atoms with Crippen LogP contribution in [-0.4, -0.2) is 14.4 Å². The molecule has 0 saturated carbocycles. The number of hydrogen-bond donors (Lipinski definition) is 1. The Labute approximate surface area is 112 Å². The highest BCUT2D eigenvalue weighted by Crippen LogP contribution is 2.25. The van der Waals surface area contributed by atoms with E-state index in [0.717, 1.165) is 6.07 Å². The second kappa shape index (κ2) is 4.51. The van der Waals surface area contributed by atoms with Crippen LogP contribution in [0.25, 0.3) is 5.65 Å². The first-order valence-corrected chi connectivity index (χ1v) is 5.64. The van der Waals surface area contributed by atoms with Crippen LogP contribution in [0.2, 0.25) is 0 Å². The maximum Gasteiger partial charge on any atom is 0.265 e. The number of anilines is 1. The Bertz CT molecular complexity index is 836. The monoisotopic (exact) mass is 269 g/mol. The zero-order valence-electron chi connectivity index (χ0n) is 10.1. The summed E-state index contributed by atoms with van der Waals surface area (Å²) in [5.74, 6) is -0.0310. The molecule has 0 saturated heterocycles. The molecule has 3 aromatic rings. The maximum atomic E-state index is 13.5. The second-order valence-corrected chi connectivity index (χ2v) is 3.98. The summed E-state index contributed by atoms with van der Waals surface area (Å²) in [6, 6.07) is 5.66. The number of aromatic nitrogens is 3. The van der Waals surface area contributed by atoms with Gasteiger partial charge in [-0.15, -0.1) is 0 Å². The zero-order chi connectivity index (χ0) is 14.1. The first-order valence-electron chi connectivity index (χ1n) is 5.64. The van der Waals surface area contributed by atoms with Crippen LogP contribution in [0.4, 0.5) is 10.2 Å². The lowest BCUT2D eigenvalue weighted by atomic mass is 10.2. The maximum absolute atomic E-state index is 13.5. The van der Waals surface area contributed by atoms with E-state index in [9.17, 15) is 4.39 Å². The molecule has 7 heteroatoms. The molecule has 3 rings (SSSR count). The molecule has 0 radical (unpaired) electrons. The quantitative estimate of drug-likeness (QED) is 0.769. The highest BCUT2D eigenvalue weighted by Gasteiger charge is 2.10. The van der Waals surface area contributed by atoms with Crippen molar-refractivity contribution in [3.63, 3.8) is 0 Å². The summed E-state index contributed by atoms with van der Waals surface area (Å²) in [6.45, 7) is 0. The van der Waals surface area contributed by atoms with E-state index in [1.165, 1.54) is 12.1 Å². The van der Waals surface area contributed by atoms with Gasteiger partial charge in [0.15, 0.2) is 0 Å². The highest BCUT2D eigenvalue weighted by molar-refractivity contribution is 5.54. The van der Waals surface area contributed by atoms with Crippen LogP contribution in [0.1, 0.15) is 5.56 Å². The molecule has 6 nitrogen and oxygen atoms in total. The predicted octanol–water partition coefficient (Wildman–Crippen LogP) is 2.11. The highest BCUT2D eigenvalue weighted by atomic mass is 19.1. The van der Waals surface area contributed by atoms with Gasteiger partial charge in [0.2, 0.25) is 5.65 Å². The van der Waals surface area contributed by atoms with Gasteiger partial charge in [0, 0.05) is 18.5 Å². The third-order valence-electron chi connectivity index (χ3n) is 2.64. The Hall–Kier alpha value is -3.14. The molecule has 0 aliphatic carbocycles. The molecule has 0 aliphatic rings. The van der Waals surface area contributed by atoms with Gasteiger partial charge in [-0.25, -0.2) is 9.37 Å². The minimum atomic E-state index is -0.659. The summed E-state index contributed by atoms with van der Waals surface area (Å²) in [7, 11) is 0. The van der Waals surface area contributed by atoms with Crippen molar-refractivity contribution in [2.75, 3.05) is 5.73 Å². The molecule has 0 bridgehead atoms. The number of ether oxygens (including phenoxy) is 1. The number of benzene rings is 1. The van der Waals surface area contributed by atoms with Crippen molar-refractivity contribution in [1.29, 1.82) is 5.26 Å². The summed E-state index contributed by atoms with van der Waals surface area (Å²) in [5, 5.41) is 8.68. The van der Waals surface area contributed by atoms with Gasteiger partial charge in [0.05, 0.1) is 11.8 Å². The van der Waals surface area contributed by atoms with E-state index in [-0.39, 0.29) is 23.0 Å². The average molecular weight is 269 g/mol. The fourth-order valence-electron chi connectivity index (χ4n) is 1.75. The van der Waals surface area contributed by atoms with Crippen LogP contribution in [0.15, 0.2) is 36.8 Å². The van der Waals surface area contributed by atoms with Gasteiger partial charge in [-0.3, -0.25) is 4.40 Å². The molecule has 2 heterocycles. The number of nitrogen functional groups attached to an aromatic ring is 1. The first-order chi connectivity index (χ1) is 9.67. The number of hydrogen-bond acceptors (Lipinski definition) is 5. The van der Waals surface area contributed by atoms with E-state index in [1.54, 1.807) is 29.1 Å². The third kappa shape index (κ3) is 1.99. The largest absolute Gasteiger partial charge is 0.436 e. The molecule has 2 aromatic heterocycles. The molecule has 20 heavy (non-hydrogen) atoms. The molecule has 0 fully saturated rings. The molecule has 0 unspecified atom stereocenters. The Morgan fingerprint density at radius 3 is 3.00 bits per heavy atom. The average Bonchev–Trinajstić information content (AvgIpc) is 2.87. The lowest BCUT2D eigenvalue weighted by Crippen LogP contribution is -1.99. The lowest BCUT2D eigenvalue weighted by Gasteiger charge is -2.07.